The molecule has 0 spiro atoms. The highest BCUT2D eigenvalue weighted by atomic mass is 16.1. The number of carbonyl (C=O) groups excluding carboxylic acids is 1. The average molecular weight is 161 g/mol. The fourth-order valence-corrected chi connectivity index (χ4v) is 1.60. The summed E-state index contributed by atoms with van der Waals surface area (Å²) in [7, 11) is 0. The van der Waals surface area contributed by atoms with Crippen LogP contribution in [0.1, 0.15) is 17.5 Å². The highest BCUT2D eigenvalue weighted by molar-refractivity contribution is 5.94. The van der Waals surface area contributed by atoms with E-state index in [1.54, 1.807) is 0 Å². The molecule has 62 valence electrons. The predicted molar refractivity (Wildman–Crippen MR) is 48.1 cm³/mol. The van der Waals surface area contributed by atoms with E-state index in [-0.39, 0.29) is 5.91 Å². The minimum atomic E-state index is 0.133. The first-order valence-electron chi connectivity index (χ1n) is 4.16. The van der Waals surface area contributed by atoms with Crippen LogP contribution in [0.5, 0.6) is 0 Å². The van der Waals surface area contributed by atoms with Gasteiger partial charge in [0.2, 0.25) is 5.91 Å². The first-order chi connectivity index (χ1) is 5.77. The smallest absolute Gasteiger partial charge is 0.224 e. The van der Waals surface area contributed by atoms with Crippen molar-refractivity contribution in [2.45, 2.75) is 19.8 Å². The van der Waals surface area contributed by atoms with E-state index in [1.165, 1.54) is 11.1 Å². The van der Waals surface area contributed by atoms with Crippen molar-refractivity contribution in [3.05, 3.63) is 29.3 Å². The van der Waals surface area contributed by atoms with Gasteiger partial charge in [-0.1, -0.05) is 12.1 Å². The Morgan fingerprint density at radius 1 is 1.33 bits per heavy atom. The topological polar surface area (TPSA) is 29.1 Å². The van der Waals surface area contributed by atoms with E-state index >= 15 is 0 Å². The average Bonchev–Trinajstić information content (AvgIpc) is 2.04. The number of rotatable bonds is 0. The van der Waals surface area contributed by atoms with Crippen molar-refractivity contribution in [1.82, 2.24) is 0 Å². The molecule has 1 aromatic rings. The number of nitrogens with one attached hydrogen (secondary N) is 1. The summed E-state index contributed by atoms with van der Waals surface area (Å²) in [4.78, 5) is 11.0. The van der Waals surface area contributed by atoms with Crippen molar-refractivity contribution in [2.75, 3.05) is 5.32 Å². The van der Waals surface area contributed by atoms with E-state index in [9.17, 15) is 4.79 Å². The Labute approximate surface area is 71.6 Å². The molecular weight excluding hydrogens is 150 g/mol. The van der Waals surface area contributed by atoms with Gasteiger partial charge >= 0.3 is 0 Å². The van der Waals surface area contributed by atoms with Crippen LogP contribution in [0, 0.1) is 6.92 Å². The van der Waals surface area contributed by atoms with Gasteiger partial charge in [0.05, 0.1) is 0 Å². The molecule has 0 saturated carbocycles. The number of benzene rings is 1. The van der Waals surface area contributed by atoms with Crippen molar-refractivity contribution in [3.63, 3.8) is 0 Å². The largest absolute Gasteiger partial charge is 0.326 e. The lowest BCUT2D eigenvalue weighted by molar-refractivity contribution is -0.116. The van der Waals surface area contributed by atoms with Crippen LogP contribution in [0.3, 0.4) is 0 Å². The third-order valence-corrected chi connectivity index (χ3v) is 2.29. The number of anilines is 1. The second kappa shape index (κ2) is 2.63. The molecule has 1 heterocycles. The molecule has 12 heavy (non-hydrogen) atoms. The highest BCUT2D eigenvalue weighted by Crippen LogP contribution is 2.24. The fourth-order valence-electron chi connectivity index (χ4n) is 1.60. The predicted octanol–water partition coefficient (Wildman–Crippen LogP) is 1.88. The molecule has 1 aliphatic heterocycles. The monoisotopic (exact) mass is 161 g/mol. The molecule has 0 bridgehead atoms. The van der Waals surface area contributed by atoms with Gasteiger partial charge < -0.3 is 5.32 Å². The van der Waals surface area contributed by atoms with E-state index < -0.39 is 0 Å². The molecule has 0 saturated heterocycles. The number of aryl methyl sites for hydroxylation is 1. The summed E-state index contributed by atoms with van der Waals surface area (Å²) < 4.78 is 0. The second-order valence-corrected chi connectivity index (χ2v) is 3.15. The molecule has 2 heteroatoms. The molecule has 0 aromatic heterocycles. The van der Waals surface area contributed by atoms with E-state index in [0.29, 0.717) is 6.42 Å². The zero-order valence-electron chi connectivity index (χ0n) is 7.05. The van der Waals surface area contributed by atoms with E-state index in [0.717, 1.165) is 12.1 Å². The summed E-state index contributed by atoms with van der Waals surface area (Å²) in [5.41, 5.74) is 3.55. The summed E-state index contributed by atoms with van der Waals surface area (Å²) in [6, 6.07) is 6.01. The van der Waals surface area contributed by atoms with E-state index in [2.05, 4.69) is 18.3 Å². The van der Waals surface area contributed by atoms with Crippen LogP contribution in [-0.2, 0) is 11.2 Å². The Balaban J connectivity index is 2.48. The first-order valence-corrected chi connectivity index (χ1v) is 4.16. The van der Waals surface area contributed by atoms with Gasteiger partial charge in [-0.3, -0.25) is 4.79 Å². The molecule has 0 fully saturated rings. The molecule has 0 atom stereocenters. The first kappa shape index (κ1) is 7.35. The Kier molecular flexibility index (Phi) is 1.61. The van der Waals surface area contributed by atoms with Crippen LogP contribution in [0.2, 0.25) is 0 Å². The standard InChI is InChI=1S/C10H11NO/c1-7-3-2-4-9-8(7)5-6-10(12)11-9/h2-4H,5-6H2,1H3,(H,11,12). The summed E-state index contributed by atoms with van der Waals surface area (Å²) >= 11 is 0. The molecule has 0 unspecified atom stereocenters. The molecular formula is C10H11NO. The van der Waals surface area contributed by atoms with Gasteiger partial charge in [0, 0.05) is 12.1 Å². The molecule has 0 aliphatic carbocycles. The maximum absolute atomic E-state index is 11.0. The quantitative estimate of drug-likeness (QED) is 0.618. The van der Waals surface area contributed by atoms with Gasteiger partial charge in [0.25, 0.3) is 0 Å². The van der Waals surface area contributed by atoms with E-state index in [4.69, 9.17) is 0 Å². The van der Waals surface area contributed by atoms with Crippen molar-refractivity contribution in [1.29, 1.82) is 0 Å². The minimum Gasteiger partial charge on any atom is -0.326 e. The van der Waals surface area contributed by atoms with Crippen molar-refractivity contribution >= 4 is 11.6 Å². The third kappa shape index (κ3) is 1.09. The Bertz CT molecular complexity index is 331. The van der Waals surface area contributed by atoms with Gasteiger partial charge in [-0.25, -0.2) is 0 Å². The van der Waals surface area contributed by atoms with Crippen molar-refractivity contribution in [3.8, 4) is 0 Å². The highest BCUT2D eigenvalue weighted by Gasteiger charge is 2.14. The summed E-state index contributed by atoms with van der Waals surface area (Å²) in [6.45, 7) is 2.08. The van der Waals surface area contributed by atoms with Crippen LogP contribution in [0.25, 0.3) is 0 Å². The van der Waals surface area contributed by atoms with Crippen LogP contribution >= 0.6 is 0 Å². The van der Waals surface area contributed by atoms with Crippen LogP contribution in [0.15, 0.2) is 18.2 Å². The number of carbonyl (C=O) groups is 1. The second-order valence-electron chi connectivity index (χ2n) is 3.15. The Morgan fingerprint density at radius 3 is 3.00 bits per heavy atom. The van der Waals surface area contributed by atoms with Crippen LogP contribution < -0.4 is 5.32 Å². The number of hydrogen-bond donors (Lipinski definition) is 1. The fraction of sp³-hybridized carbons (Fsp3) is 0.300. The summed E-state index contributed by atoms with van der Waals surface area (Å²) in [6.07, 6.45) is 1.51. The molecule has 1 aromatic carbocycles. The molecule has 0 radical (unpaired) electrons. The zero-order valence-corrected chi connectivity index (χ0v) is 7.05. The summed E-state index contributed by atoms with van der Waals surface area (Å²) in [5, 5.41) is 2.86. The van der Waals surface area contributed by atoms with Gasteiger partial charge in [-0.15, -0.1) is 0 Å². The van der Waals surface area contributed by atoms with E-state index in [1.807, 2.05) is 12.1 Å². The van der Waals surface area contributed by atoms with Gasteiger partial charge in [0.1, 0.15) is 0 Å². The lowest BCUT2D eigenvalue weighted by Crippen LogP contribution is -2.19. The van der Waals surface area contributed by atoms with Gasteiger partial charge in [-0.05, 0) is 30.5 Å². The normalized spacial score (nSPS) is 15.2. The lowest BCUT2D eigenvalue weighted by atomic mass is 9.98. The number of fused-ring (bicyclic) bond motifs is 1. The Morgan fingerprint density at radius 2 is 2.17 bits per heavy atom. The lowest BCUT2D eigenvalue weighted by Gasteiger charge is -2.18. The Hall–Kier alpha value is -1.31. The van der Waals surface area contributed by atoms with Gasteiger partial charge in [0.15, 0.2) is 0 Å². The van der Waals surface area contributed by atoms with Crippen LogP contribution in [-0.4, -0.2) is 5.91 Å². The van der Waals surface area contributed by atoms with Crippen molar-refractivity contribution in [2.24, 2.45) is 0 Å². The third-order valence-electron chi connectivity index (χ3n) is 2.29. The number of hydrogen-bond acceptors (Lipinski definition) is 1. The molecule has 2 rings (SSSR count). The molecule has 1 aliphatic rings. The number of amides is 1. The summed E-state index contributed by atoms with van der Waals surface area (Å²) in [5.74, 6) is 0.133. The van der Waals surface area contributed by atoms with Gasteiger partial charge in [-0.2, -0.15) is 0 Å². The molecule has 2 nitrogen and oxygen atoms in total. The maximum atomic E-state index is 11.0. The SMILES string of the molecule is Cc1cccc2c1CCC(=O)N2. The minimum absolute atomic E-state index is 0.133. The zero-order chi connectivity index (χ0) is 8.55. The van der Waals surface area contributed by atoms with Crippen LogP contribution in [0.4, 0.5) is 5.69 Å². The maximum Gasteiger partial charge on any atom is 0.224 e. The molecule has 1 amide bonds. The molecule has 1 N–H and O–H groups in total. The van der Waals surface area contributed by atoms with Crippen molar-refractivity contribution < 1.29 is 4.79 Å².